The van der Waals surface area contributed by atoms with Gasteiger partial charge in [-0.3, -0.25) is 0 Å². The fourth-order valence-corrected chi connectivity index (χ4v) is 2.11. The van der Waals surface area contributed by atoms with Crippen molar-refractivity contribution in [1.82, 2.24) is 0 Å². The van der Waals surface area contributed by atoms with Gasteiger partial charge in [0.1, 0.15) is 6.07 Å². The van der Waals surface area contributed by atoms with Gasteiger partial charge in [0.25, 0.3) is 0 Å². The number of hydrogen-bond donors (Lipinski definition) is 1. The fraction of sp³-hybridized carbons (Fsp3) is 0.273. The average molecular weight is 290 g/mol. The van der Waals surface area contributed by atoms with Gasteiger partial charge < -0.3 is 10.5 Å². The third-order valence-corrected chi connectivity index (χ3v) is 3.06. The number of nitriles is 1. The summed E-state index contributed by atoms with van der Waals surface area (Å²) < 4.78 is 41.7. The molecule has 1 aromatic rings. The number of carbonyl (C=O) groups is 1. The standard InChI is InChI=1S/C11H9F3N2O2S/c1-18-10(17)6-2-7(4-15)9(8(3-6)5-16)19-11(12,13)14/h2-3H,4,15H2,1H3. The summed E-state index contributed by atoms with van der Waals surface area (Å²) in [7, 11) is 1.13. The summed E-state index contributed by atoms with van der Waals surface area (Å²) in [6.07, 6.45) is 0. The van der Waals surface area contributed by atoms with Crippen LogP contribution in [0.5, 0.6) is 0 Å². The fourth-order valence-electron chi connectivity index (χ4n) is 1.40. The van der Waals surface area contributed by atoms with Gasteiger partial charge in [-0.2, -0.15) is 18.4 Å². The molecule has 0 aliphatic rings. The van der Waals surface area contributed by atoms with Crippen molar-refractivity contribution >= 4 is 17.7 Å². The van der Waals surface area contributed by atoms with E-state index in [0.717, 1.165) is 13.2 Å². The van der Waals surface area contributed by atoms with Crippen LogP contribution in [-0.2, 0) is 11.3 Å². The second-order valence-electron chi connectivity index (χ2n) is 3.37. The van der Waals surface area contributed by atoms with Crippen molar-refractivity contribution in [2.45, 2.75) is 16.9 Å². The Bertz CT molecular complexity index is 538. The first-order valence-corrected chi connectivity index (χ1v) is 5.75. The van der Waals surface area contributed by atoms with Crippen LogP contribution in [-0.4, -0.2) is 18.6 Å². The number of nitrogens with zero attached hydrogens (tertiary/aromatic N) is 1. The van der Waals surface area contributed by atoms with Crippen LogP contribution < -0.4 is 5.73 Å². The van der Waals surface area contributed by atoms with Gasteiger partial charge in [-0.25, -0.2) is 4.79 Å². The lowest BCUT2D eigenvalue weighted by Gasteiger charge is -2.13. The van der Waals surface area contributed by atoms with E-state index in [2.05, 4.69) is 4.74 Å². The van der Waals surface area contributed by atoms with E-state index in [4.69, 9.17) is 11.0 Å². The molecule has 0 aliphatic heterocycles. The second-order valence-corrected chi connectivity index (χ2v) is 4.44. The summed E-state index contributed by atoms with van der Waals surface area (Å²) >= 11 is -0.423. The molecule has 19 heavy (non-hydrogen) atoms. The van der Waals surface area contributed by atoms with E-state index in [1.165, 1.54) is 6.07 Å². The highest BCUT2D eigenvalue weighted by molar-refractivity contribution is 8.00. The zero-order valence-corrected chi connectivity index (χ0v) is 10.6. The Balaban J connectivity index is 3.39. The average Bonchev–Trinajstić information content (AvgIpc) is 2.36. The molecule has 0 fully saturated rings. The molecule has 0 amide bonds. The van der Waals surface area contributed by atoms with Gasteiger partial charge in [-0.05, 0) is 29.5 Å². The summed E-state index contributed by atoms with van der Waals surface area (Å²) in [6.45, 7) is -0.224. The SMILES string of the molecule is COC(=O)c1cc(C#N)c(SC(F)(F)F)c(CN)c1. The maximum atomic E-state index is 12.4. The molecule has 1 aromatic carbocycles. The predicted octanol–water partition coefficient (Wildman–Crippen LogP) is 2.42. The minimum absolute atomic E-state index is 0.00831. The predicted molar refractivity (Wildman–Crippen MR) is 62.3 cm³/mol. The lowest BCUT2D eigenvalue weighted by molar-refractivity contribution is -0.0328. The summed E-state index contributed by atoms with van der Waals surface area (Å²) in [6, 6.07) is 3.88. The van der Waals surface area contributed by atoms with Crippen LogP contribution in [0, 0.1) is 11.3 Å². The van der Waals surface area contributed by atoms with E-state index >= 15 is 0 Å². The maximum absolute atomic E-state index is 12.4. The molecule has 1 rings (SSSR count). The lowest BCUT2D eigenvalue weighted by atomic mass is 10.1. The Kier molecular flexibility index (Phi) is 4.80. The van der Waals surface area contributed by atoms with Gasteiger partial charge in [0.05, 0.1) is 18.2 Å². The number of hydrogen-bond acceptors (Lipinski definition) is 5. The van der Waals surface area contributed by atoms with Crippen molar-refractivity contribution in [3.05, 3.63) is 28.8 Å². The second kappa shape index (κ2) is 5.95. The Morgan fingerprint density at radius 2 is 2.16 bits per heavy atom. The first-order valence-electron chi connectivity index (χ1n) is 4.93. The molecule has 0 atom stereocenters. The zero-order chi connectivity index (χ0) is 14.6. The molecule has 0 aromatic heterocycles. The van der Waals surface area contributed by atoms with Gasteiger partial charge in [-0.15, -0.1) is 0 Å². The third-order valence-electron chi connectivity index (χ3n) is 2.15. The minimum Gasteiger partial charge on any atom is -0.465 e. The van der Waals surface area contributed by atoms with Crippen molar-refractivity contribution in [1.29, 1.82) is 5.26 Å². The van der Waals surface area contributed by atoms with Crippen LogP contribution in [0.15, 0.2) is 17.0 Å². The molecule has 0 radical (unpaired) electrons. The molecule has 0 heterocycles. The van der Waals surface area contributed by atoms with Gasteiger partial charge in [0.2, 0.25) is 0 Å². The van der Waals surface area contributed by atoms with Crippen LogP contribution in [0.25, 0.3) is 0 Å². The number of esters is 1. The molecule has 8 heteroatoms. The monoisotopic (exact) mass is 290 g/mol. The number of rotatable bonds is 3. The Labute approximate surface area is 111 Å². The molecule has 102 valence electrons. The molecule has 2 N–H and O–H groups in total. The number of carbonyl (C=O) groups excluding carboxylic acids is 1. The molecule has 0 saturated carbocycles. The third kappa shape index (κ3) is 3.87. The Hall–Kier alpha value is -1.72. The number of nitrogens with two attached hydrogens (primary N) is 1. The summed E-state index contributed by atoms with van der Waals surface area (Å²) in [4.78, 5) is 11.1. The molecule has 0 bridgehead atoms. The normalized spacial score (nSPS) is 10.9. The Morgan fingerprint density at radius 1 is 1.53 bits per heavy atom. The lowest BCUT2D eigenvalue weighted by Crippen LogP contribution is -2.09. The number of halogens is 3. The highest BCUT2D eigenvalue weighted by Gasteiger charge is 2.32. The van der Waals surface area contributed by atoms with Gasteiger partial charge in [0, 0.05) is 11.4 Å². The Morgan fingerprint density at radius 3 is 2.58 bits per heavy atom. The zero-order valence-electron chi connectivity index (χ0n) is 9.75. The van der Waals surface area contributed by atoms with Crippen LogP contribution >= 0.6 is 11.8 Å². The number of benzene rings is 1. The molecule has 0 unspecified atom stereocenters. The van der Waals surface area contributed by atoms with E-state index < -0.39 is 23.2 Å². The molecular weight excluding hydrogens is 281 g/mol. The molecule has 0 spiro atoms. The van der Waals surface area contributed by atoms with E-state index in [1.807, 2.05) is 0 Å². The van der Waals surface area contributed by atoms with Crippen LogP contribution in [0.3, 0.4) is 0 Å². The summed E-state index contributed by atoms with van der Waals surface area (Å²) in [5.41, 5.74) is 0.626. The van der Waals surface area contributed by atoms with Crippen LogP contribution in [0.4, 0.5) is 13.2 Å². The molecule has 0 saturated heterocycles. The van der Waals surface area contributed by atoms with E-state index in [9.17, 15) is 18.0 Å². The van der Waals surface area contributed by atoms with E-state index in [-0.39, 0.29) is 28.1 Å². The molecular formula is C11H9F3N2O2S. The largest absolute Gasteiger partial charge is 0.465 e. The minimum atomic E-state index is -4.54. The van der Waals surface area contributed by atoms with Crippen molar-refractivity contribution < 1.29 is 22.7 Å². The first kappa shape index (κ1) is 15.3. The van der Waals surface area contributed by atoms with Gasteiger partial charge in [-0.1, -0.05) is 0 Å². The summed E-state index contributed by atoms with van der Waals surface area (Å²) in [5.74, 6) is -0.741. The van der Waals surface area contributed by atoms with Crippen molar-refractivity contribution in [3.8, 4) is 6.07 Å². The van der Waals surface area contributed by atoms with Crippen LogP contribution in [0.1, 0.15) is 21.5 Å². The topological polar surface area (TPSA) is 76.1 Å². The maximum Gasteiger partial charge on any atom is 0.446 e. The molecule has 4 nitrogen and oxygen atoms in total. The highest BCUT2D eigenvalue weighted by Crippen LogP contribution is 2.40. The van der Waals surface area contributed by atoms with Gasteiger partial charge >= 0.3 is 11.5 Å². The molecule has 0 aliphatic carbocycles. The van der Waals surface area contributed by atoms with Crippen molar-refractivity contribution in [2.75, 3.05) is 7.11 Å². The summed E-state index contributed by atoms with van der Waals surface area (Å²) in [5, 5.41) is 8.89. The van der Waals surface area contributed by atoms with E-state index in [0.29, 0.717) is 0 Å². The smallest absolute Gasteiger partial charge is 0.446 e. The van der Waals surface area contributed by atoms with Crippen LogP contribution in [0.2, 0.25) is 0 Å². The quantitative estimate of drug-likeness (QED) is 0.683. The number of thioether (sulfide) groups is 1. The number of alkyl halides is 3. The number of ether oxygens (including phenoxy) is 1. The highest BCUT2D eigenvalue weighted by atomic mass is 32.2. The van der Waals surface area contributed by atoms with E-state index in [1.54, 1.807) is 6.07 Å². The van der Waals surface area contributed by atoms with Crippen molar-refractivity contribution in [2.24, 2.45) is 5.73 Å². The van der Waals surface area contributed by atoms with Crippen molar-refractivity contribution in [3.63, 3.8) is 0 Å². The van der Waals surface area contributed by atoms with Gasteiger partial charge in [0.15, 0.2) is 0 Å². The first-order chi connectivity index (χ1) is 8.82. The number of methoxy groups -OCH3 is 1.